The SMILES string of the molecule is C=C(F)C(=O)N1CCN(c2nc(OC[C@@H]3CCCN3C)nc3c2O[C@H](C)C(c2cccc4cccc(Cl)c24)O3)CC1. The molecule has 2 aromatic carbocycles. The smallest absolute Gasteiger partial charge is 0.322 e. The van der Waals surface area contributed by atoms with Crippen molar-refractivity contribution in [2.24, 2.45) is 0 Å². The number of hydrogen-bond donors (Lipinski definition) is 0. The van der Waals surface area contributed by atoms with Crippen LogP contribution in [0.2, 0.25) is 5.02 Å². The molecule has 3 aliphatic heterocycles. The molecule has 3 atom stereocenters. The maximum Gasteiger partial charge on any atom is 0.322 e. The Morgan fingerprint density at radius 3 is 2.59 bits per heavy atom. The van der Waals surface area contributed by atoms with Gasteiger partial charge in [-0.05, 0) is 44.8 Å². The summed E-state index contributed by atoms with van der Waals surface area (Å²) in [7, 11) is 2.09. The van der Waals surface area contributed by atoms with Gasteiger partial charge in [0.15, 0.2) is 17.7 Å². The van der Waals surface area contributed by atoms with Gasteiger partial charge in [0, 0.05) is 48.2 Å². The number of piperazine rings is 1. The summed E-state index contributed by atoms with van der Waals surface area (Å²) in [5.41, 5.74) is 0.903. The summed E-state index contributed by atoms with van der Waals surface area (Å²) >= 11 is 6.64. The van der Waals surface area contributed by atoms with Gasteiger partial charge in [-0.1, -0.05) is 48.5 Å². The number of nitrogens with zero attached hydrogens (tertiary/aromatic N) is 5. The van der Waals surface area contributed by atoms with Gasteiger partial charge in [-0.15, -0.1) is 0 Å². The summed E-state index contributed by atoms with van der Waals surface area (Å²) in [6.07, 6.45) is 1.31. The monoisotopic (exact) mass is 581 g/mol. The molecule has 2 saturated heterocycles. The molecular weight excluding hydrogens is 549 g/mol. The lowest BCUT2D eigenvalue weighted by Gasteiger charge is -2.38. The van der Waals surface area contributed by atoms with Crippen LogP contribution in [0.15, 0.2) is 48.8 Å². The molecule has 1 aromatic heterocycles. The van der Waals surface area contributed by atoms with Crippen molar-refractivity contribution in [3.63, 3.8) is 0 Å². The third-order valence-corrected chi connectivity index (χ3v) is 8.45. The van der Waals surface area contributed by atoms with Crippen LogP contribution < -0.4 is 19.1 Å². The van der Waals surface area contributed by atoms with Gasteiger partial charge in [-0.2, -0.15) is 9.97 Å². The first kappa shape index (κ1) is 27.5. The number of hydrogen-bond acceptors (Lipinski definition) is 8. The number of carbonyl (C=O) groups is 1. The number of anilines is 1. The first-order valence-corrected chi connectivity index (χ1v) is 14.3. The fourth-order valence-corrected chi connectivity index (χ4v) is 6.15. The van der Waals surface area contributed by atoms with E-state index in [-0.39, 0.29) is 24.0 Å². The number of fused-ring (bicyclic) bond motifs is 2. The highest BCUT2D eigenvalue weighted by atomic mass is 35.5. The molecule has 3 aromatic rings. The van der Waals surface area contributed by atoms with Crippen LogP contribution in [0.1, 0.15) is 31.4 Å². The number of benzene rings is 2. The Kier molecular flexibility index (Phi) is 7.61. The number of amides is 1. The van der Waals surface area contributed by atoms with E-state index in [2.05, 4.69) is 23.5 Å². The van der Waals surface area contributed by atoms with E-state index in [0.29, 0.717) is 49.4 Å². The number of aromatic nitrogens is 2. The minimum atomic E-state index is -0.962. The van der Waals surface area contributed by atoms with E-state index in [0.717, 1.165) is 35.7 Å². The van der Waals surface area contributed by atoms with Gasteiger partial charge in [-0.3, -0.25) is 4.79 Å². The Labute approximate surface area is 243 Å². The van der Waals surface area contributed by atoms with Crippen molar-refractivity contribution in [2.45, 2.75) is 38.0 Å². The van der Waals surface area contributed by atoms with Crippen molar-refractivity contribution in [1.29, 1.82) is 0 Å². The summed E-state index contributed by atoms with van der Waals surface area (Å²) in [6, 6.07) is 12.3. The first-order valence-electron chi connectivity index (χ1n) is 13.9. The van der Waals surface area contributed by atoms with E-state index >= 15 is 0 Å². The third kappa shape index (κ3) is 5.38. The summed E-state index contributed by atoms with van der Waals surface area (Å²) in [6.45, 7) is 8.05. The standard InChI is InChI=1S/C30H33ClFN5O4/c1-18(32)29(38)37-15-13-36(14-16-37)27-26-28(34-30(33-27)39-17-21-9-6-12-35(21)3)41-25(19(2)40-26)22-10-4-7-20-8-5-11-23(31)24(20)22/h4-5,7-8,10-11,19,21,25H,1,6,9,12-17H2,2-3H3/t19-,21+,25?/m1/s1. The van der Waals surface area contributed by atoms with Crippen LogP contribution >= 0.6 is 11.6 Å². The summed E-state index contributed by atoms with van der Waals surface area (Å²) in [5.74, 6) is -0.427. The lowest BCUT2D eigenvalue weighted by Crippen LogP contribution is -2.49. The zero-order valence-electron chi connectivity index (χ0n) is 23.2. The Bertz CT molecular complexity index is 1480. The molecule has 0 aliphatic carbocycles. The van der Waals surface area contributed by atoms with Crippen LogP contribution in [0.25, 0.3) is 10.8 Å². The lowest BCUT2D eigenvalue weighted by molar-refractivity contribution is -0.128. The quantitative estimate of drug-likeness (QED) is 0.385. The number of ether oxygens (including phenoxy) is 3. The highest BCUT2D eigenvalue weighted by Gasteiger charge is 2.37. The van der Waals surface area contributed by atoms with E-state index in [1.807, 2.05) is 48.2 Å². The van der Waals surface area contributed by atoms with E-state index in [4.69, 9.17) is 30.8 Å². The topological polar surface area (TPSA) is 80.3 Å². The van der Waals surface area contributed by atoms with Crippen LogP contribution in [-0.2, 0) is 4.79 Å². The maximum absolute atomic E-state index is 13.5. The van der Waals surface area contributed by atoms with Gasteiger partial charge in [0.2, 0.25) is 5.75 Å². The van der Waals surface area contributed by atoms with Crippen molar-refractivity contribution in [3.8, 4) is 17.6 Å². The van der Waals surface area contributed by atoms with Crippen molar-refractivity contribution >= 4 is 34.1 Å². The normalized spacial score (nSPS) is 22.7. The molecule has 2 fully saturated rings. The number of rotatable bonds is 6. The summed E-state index contributed by atoms with van der Waals surface area (Å²) in [5, 5.41) is 2.55. The van der Waals surface area contributed by atoms with Crippen molar-refractivity contribution < 1.29 is 23.4 Å². The van der Waals surface area contributed by atoms with Gasteiger partial charge in [0.25, 0.3) is 11.8 Å². The molecule has 3 aliphatic rings. The van der Waals surface area contributed by atoms with Gasteiger partial charge in [0.05, 0.1) is 0 Å². The van der Waals surface area contributed by atoms with Crippen LogP contribution in [0.4, 0.5) is 10.2 Å². The zero-order valence-corrected chi connectivity index (χ0v) is 23.9. The fourth-order valence-electron chi connectivity index (χ4n) is 5.86. The van der Waals surface area contributed by atoms with Crippen LogP contribution in [0, 0.1) is 0 Å². The minimum Gasteiger partial charge on any atom is -0.478 e. The molecule has 6 rings (SSSR count). The zero-order chi connectivity index (χ0) is 28.7. The molecular formula is C30H33ClFN5O4. The van der Waals surface area contributed by atoms with Crippen LogP contribution in [0.3, 0.4) is 0 Å². The summed E-state index contributed by atoms with van der Waals surface area (Å²) in [4.78, 5) is 27.2. The van der Waals surface area contributed by atoms with Crippen molar-refractivity contribution in [1.82, 2.24) is 19.8 Å². The van der Waals surface area contributed by atoms with E-state index in [9.17, 15) is 9.18 Å². The average molecular weight is 582 g/mol. The van der Waals surface area contributed by atoms with Gasteiger partial charge in [0.1, 0.15) is 12.7 Å². The molecule has 4 heterocycles. The molecule has 0 radical (unpaired) electrons. The van der Waals surface area contributed by atoms with Gasteiger partial charge < -0.3 is 28.9 Å². The number of halogens is 2. The molecule has 0 spiro atoms. The van der Waals surface area contributed by atoms with Crippen LogP contribution in [0.5, 0.6) is 17.6 Å². The van der Waals surface area contributed by atoms with E-state index < -0.39 is 17.8 Å². The molecule has 41 heavy (non-hydrogen) atoms. The molecule has 1 unspecified atom stereocenters. The highest BCUT2D eigenvalue weighted by Crippen LogP contribution is 2.46. The summed E-state index contributed by atoms with van der Waals surface area (Å²) < 4.78 is 32.7. The number of likely N-dealkylation sites (N-methyl/N-ethyl adjacent to an activating group) is 1. The van der Waals surface area contributed by atoms with Crippen molar-refractivity contribution in [3.05, 3.63) is 59.4 Å². The maximum atomic E-state index is 13.5. The molecule has 9 nitrogen and oxygen atoms in total. The average Bonchev–Trinajstić information content (AvgIpc) is 3.39. The van der Waals surface area contributed by atoms with Crippen molar-refractivity contribution in [2.75, 3.05) is 51.3 Å². The Morgan fingerprint density at radius 1 is 1.12 bits per heavy atom. The number of likely N-dealkylation sites (tertiary alicyclic amines) is 1. The Balaban J connectivity index is 1.33. The second-order valence-electron chi connectivity index (χ2n) is 10.8. The Hall–Kier alpha value is -3.63. The molecule has 11 heteroatoms. The predicted molar refractivity (Wildman–Crippen MR) is 155 cm³/mol. The second-order valence-corrected chi connectivity index (χ2v) is 11.2. The first-order chi connectivity index (χ1) is 19.8. The number of carbonyl (C=O) groups excluding carboxylic acids is 1. The van der Waals surface area contributed by atoms with Crippen LogP contribution in [-0.4, -0.2) is 84.2 Å². The largest absolute Gasteiger partial charge is 0.478 e. The molecule has 1 amide bonds. The van der Waals surface area contributed by atoms with E-state index in [1.165, 1.54) is 4.90 Å². The minimum absolute atomic E-state index is 0.197. The molecule has 0 bridgehead atoms. The highest BCUT2D eigenvalue weighted by molar-refractivity contribution is 6.35. The molecule has 216 valence electrons. The van der Waals surface area contributed by atoms with E-state index in [1.54, 1.807) is 0 Å². The van der Waals surface area contributed by atoms with Gasteiger partial charge in [-0.25, -0.2) is 4.39 Å². The Morgan fingerprint density at radius 2 is 1.88 bits per heavy atom. The molecule has 0 N–H and O–H groups in total. The third-order valence-electron chi connectivity index (χ3n) is 8.13. The second kappa shape index (κ2) is 11.3. The molecule has 0 saturated carbocycles. The van der Waals surface area contributed by atoms with Gasteiger partial charge >= 0.3 is 6.01 Å². The fraction of sp³-hybridized carbons (Fsp3) is 0.433. The predicted octanol–water partition coefficient (Wildman–Crippen LogP) is 4.79. The lowest BCUT2D eigenvalue weighted by atomic mass is 9.97.